The summed E-state index contributed by atoms with van der Waals surface area (Å²) in [6.07, 6.45) is 0.0405. The van der Waals surface area contributed by atoms with Gasteiger partial charge in [0.1, 0.15) is 0 Å². The van der Waals surface area contributed by atoms with E-state index in [-0.39, 0.29) is 6.42 Å². The second-order valence-electron chi connectivity index (χ2n) is 3.87. The average molecular weight is 233 g/mol. The maximum Gasteiger partial charge on any atom is 0.328 e. The number of nitrogens with two attached hydrogens (primary N) is 1. The largest absolute Gasteiger partial charge is 0.328 e. The minimum atomic E-state index is -1.74. The zero-order valence-electron chi connectivity index (χ0n) is 8.90. The number of nitrogens with one attached hydrogen (secondary N) is 2. The van der Waals surface area contributed by atoms with E-state index in [0.717, 1.165) is 5.56 Å². The molecular weight excluding hydrogens is 222 g/mol. The first kappa shape index (κ1) is 11.3. The molecule has 1 aromatic carbocycles. The molecule has 6 nitrogen and oxygen atoms in total. The van der Waals surface area contributed by atoms with Crippen molar-refractivity contribution in [3.63, 3.8) is 0 Å². The third-order valence-electron chi connectivity index (χ3n) is 2.59. The maximum absolute atomic E-state index is 11.6. The first-order valence-electron chi connectivity index (χ1n) is 5.02. The van der Waals surface area contributed by atoms with E-state index in [4.69, 9.17) is 5.73 Å². The van der Waals surface area contributed by atoms with Gasteiger partial charge < -0.3 is 5.73 Å². The van der Waals surface area contributed by atoms with Crippen LogP contribution in [0.2, 0.25) is 0 Å². The van der Waals surface area contributed by atoms with E-state index in [0.29, 0.717) is 0 Å². The smallest absolute Gasteiger partial charge is 0.309 e. The molecule has 0 aliphatic carbocycles. The minimum Gasteiger partial charge on any atom is -0.309 e. The van der Waals surface area contributed by atoms with Gasteiger partial charge in [-0.2, -0.15) is 0 Å². The van der Waals surface area contributed by atoms with E-state index in [1.807, 2.05) is 16.7 Å². The third kappa shape index (κ3) is 2.02. The number of rotatable bonds is 2. The van der Waals surface area contributed by atoms with Crippen LogP contribution in [-0.2, 0) is 16.0 Å². The van der Waals surface area contributed by atoms with Gasteiger partial charge in [0, 0.05) is 6.42 Å². The van der Waals surface area contributed by atoms with Gasteiger partial charge in [0.25, 0.3) is 11.8 Å². The summed E-state index contributed by atoms with van der Waals surface area (Å²) < 4.78 is 0. The van der Waals surface area contributed by atoms with Crippen molar-refractivity contribution in [3.05, 3.63) is 35.9 Å². The number of imide groups is 2. The van der Waals surface area contributed by atoms with E-state index < -0.39 is 23.4 Å². The lowest BCUT2D eigenvalue weighted by Gasteiger charge is -2.30. The molecule has 0 radical (unpaired) electrons. The van der Waals surface area contributed by atoms with E-state index in [9.17, 15) is 14.4 Å². The monoisotopic (exact) mass is 233 g/mol. The van der Waals surface area contributed by atoms with Crippen LogP contribution in [0.5, 0.6) is 0 Å². The molecule has 0 bridgehead atoms. The van der Waals surface area contributed by atoms with Crippen LogP contribution in [0.1, 0.15) is 5.56 Å². The molecule has 6 heteroatoms. The zero-order valence-corrected chi connectivity index (χ0v) is 8.90. The van der Waals surface area contributed by atoms with Crippen LogP contribution < -0.4 is 16.4 Å². The number of carbonyl (C=O) groups is 3. The van der Waals surface area contributed by atoms with E-state index in [2.05, 4.69) is 0 Å². The Morgan fingerprint density at radius 2 is 1.53 bits per heavy atom. The molecule has 1 aliphatic heterocycles. The molecule has 1 fully saturated rings. The first-order chi connectivity index (χ1) is 8.02. The Morgan fingerprint density at radius 3 is 2.06 bits per heavy atom. The maximum atomic E-state index is 11.6. The summed E-state index contributed by atoms with van der Waals surface area (Å²) in [4.78, 5) is 34.2. The van der Waals surface area contributed by atoms with Crippen molar-refractivity contribution in [1.82, 2.24) is 10.6 Å². The number of carbonyl (C=O) groups excluding carboxylic acids is 3. The number of hydrogen-bond acceptors (Lipinski definition) is 4. The molecule has 4 N–H and O–H groups in total. The first-order valence-corrected chi connectivity index (χ1v) is 5.02. The van der Waals surface area contributed by atoms with E-state index in [1.165, 1.54) is 0 Å². The summed E-state index contributed by atoms with van der Waals surface area (Å²) in [7, 11) is 0. The van der Waals surface area contributed by atoms with Crippen molar-refractivity contribution in [2.45, 2.75) is 12.0 Å². The van der Waals surface area contributed by atoms with Crippen molar-refractivity contribution < 1.29 is 14.4 Å². The highest BCUT2D eigenvalue weighted by Crippen LogP contribution is 2.14. The second-order valence-corrected chi connectivity index (χ2v) is 3.87. The molecule has 0 unspecified atom stereocenters. The van der Waals surface area contributed by atoms with Gasteiger partial charge in [0.15, 0.2) is 5.54 Å². The highest BCUT2D eigenvalue weighted by atomic mass is 16.2. The molecule has 1 aromatic rings. The van der Waals surface area contributed by atoms with Gasteiger partial charge in [-0.05, 0) is 5.56 Å². The predicted octanol–water partition coefficient (Wildman–Crippen LogP) is -0.707. The highest BCUT2D eigenvalue weighted by Gasteiger charge is 2.47. The minimum absolute atomic E-state index is 0.0405. The molecule has 88 valence electrons. The van der Waals surface area contributed by atoms with Crippen LogP contribution in [0.3, 0.4) is 0 Å². The quantitative estimate of drug-likeness (QED) is 0.587. The fourth-order valence-electron chi connectivity index (χ4n) is 1.64. The summed E-state index contributed by atoms with van der Waals surface area (Å²) in [6.45, 7) is 0. The summed E-state index contributed by atoms with van der Waals surface area (Å²) in [6, 6.07) is 8.05. The van der Waals surface area contributed by atoms with E-state index in [1.54, 1.807) is 24.3 Å². The van der Waals surface area contributed by atoms with Gasteiger partial charge in [0.2, 0.25) is 0 Å². The molecule has 0 aromatic heterocycles. The molecule has 2 rings (SSSR count). The van der Waals surface area contributed by atoms with Crippen molar-refractivity contribution in [2.24, 2.45) is 5.73 Å². The van der Waals surface area contributed by atoms with Crippen LogP contribution in [0, 0.1) is 0 Å². The molecule has 4 amide bonds. The van der Waals surface area contributed by atoms with Crippen LogP contribution in [-0.4, -0.2) is 23.4 Å². The van der Waals surface area contributed by atoms with Gasteiger partial charge in [-0.3, -0.25) is 20.2 Å². The van der Waals surface area contributed by atoms with Crippen molar-refractivity contribution in [3.8, 4) is 0 Å². The lowest BCUT2D eigenvalue weighted by molar-refractivity contribution is -0.137. The Balaban J connectivity index is 2.26. The van der Waals surface area contributed by atoms with Crippen LogP contribution in [0.15, 0.2) is 30.3 Å². The number of hydrogen-bond donors (Lipinski definition) is 3. The number of benzene rings is 1. The number of amides is 4. The molecule has 0 atom stereocenters. The Bertz CT molecular complexity index is 464. The molecule has 0 spiro atoms. The lowest BCUT2D eigenvalue weighted by atomic mass is 9.89. The normalized spacial score (nSPS) is 18.5. The average Bonchev–Trinajstić information content (AvgIpc) is 2.28. The highest BCUT2D eigenvalue weighted by molar-refractivity contribution is 6.22. The summed E-state index contributed by atoms with van der Waals surface area (Å²) >= 11 is 0. The van der Waals surface area contributed by atoms with Gasteiger partial charge in [-0.25, -0.2) is 4.79 Å². The SMILES string of the molecule is NC1(Cc2ccccc2)C(=O)NC(=O)NC1=O. The van der Waals surface area contributed by atoms with Gasteiger partial charge >= 0.3 is 6.03 Å². The van der Waals surface area contributed by atoms with Crippen LogP contribution in [0.25, 0.3) is 0 Å². The van der Waals surface area contributed by atoms with Crippen LogP contribution in [0.4, 0.5) is 4.79 Å². The molecule has 1 heterocycles. The summed E-state index contributed by atoms with van der Waals surface area (Å²) in [5, 5.41) is 3.97. The van der Waals surface area contributed by atoms with Gasteiger partial charge in [-0.15, -0.1) is 0 Å². The van der Waals surface area contributed by atoms with E-state index >= 15 is 0 Å². The molecule has 1 aliphatic rings. The molecule has 0 saturated carbocycles. The summed E-state index contributed by atoms with van der Waals surface area (Å²) in [5.74, 6) is -1.56. The Morgan fingerprint density at radius 1 is 1.00 bits per heavy atom. The van der Waals surface area contributed by atoms with Crippen molar-refractivity contribution >= 4 is 17.8 Å². The van der Waals surface area contributed by atoms with Crippen molar-refractivity contribution in [2.75, 3.05) is 0 Å². The number of urea groups is 1. The van der Waals surface area contributed by atoms with Crippen molar-refractivity contribution in [1.29, 1.82) is 0 Å². The fraction of sp³-hybridized carbons (Fsp3) is 0.182. The van der Waals surface area contributed by atoms with Crippen LogP contribution >= 0.6 is 0 Å². The predicted molar refractivity (Wildman–Crippen MR) is 58.7 cm³/mol. The Kier molecular flexibility index (Phi) is 2.64. The third-order valence-corrected chi connectivity index (χ3v) is 2.59. The molecular formula is C11H11N3O3. The Labute approximate surface area is 97.2 Å². The number of barbiturate groups is 1. The molecule has 17 heavy (non-hydrogen) atoms. The topological polar surface area (TPSA) is 101 Å². The zero-order chi connectivity index (χ0) is 12.5. The Hall–Kier alpha value is -2.21. The molecule has 1 saturated heterocycles. The lowest BCUT2D eigenvalue weighted by Crippen LogP contribution is -2.71. The standard InChI is InChI=1S/C11H11N3O3/c12-11(6-7-4-2-1-3-5-7)8(15)13-10(17)14-9(11)16/h1-5H,6,12H2,(H2,13,14,15,16,17). The fourth-order valence-corrected chi connectivity index (χ4v) is 1.64. The van der Waals surface area contributed by atoms with Gasteiger partial charge in [0.05, 0.1) is 0 Å². The van der Waals surface area contributed by atoms with Gasteiger partial charge in [-0.1, -0.05) is 30.3 Å². The second kappa shape index (κ2) is 3.99. The summed E-state index contributed by atoms with van der Waals surface area (Å²) in [5.41, 5.74) is 4.77.